The quantitative estimate of drug-likeness (QED) is 0.343. The van der Waals surface area contributed by atoms with Crippen molar-refractivity contribution in [3.63, 3.8) is 0 Å². The standard InChI is InChI=1S/C22H25N5O3.C6H14O/c1-3-16-11-19-20(25-21(16)28)10-15(12-23-19)14-26-6-8-27(9-7-26)17-4-5-18(24-13-17)22(29)30-2;1-3-5-7-6-4-2/h4-5,10-13H,3,6-9,14H2,1-2H3,(H,25,28);3-6H2,1-2H3. The number of pyridine rings is 3. The highest BCUT2D eigenvalue weighted by atomic mass is 16.5. The molecule has 9 nitrogen and oxygen atoms in total. The zero-order valence-corrected chi connectivity index (χ0v) is 22.5. The number of aromatic nitrogens is 3. The van der Waals surface area contributed by atoms with Crippen LogP contribution in [0.1, 0.15) is 55.2 Å². The Kier molecular flexibility index (Phi) is 11.0. The number of aromatic amines is 1. The van der Waals surface area contributed by atoms with Gasteiger partial charge in [0.2, 0.25) is 0 Å². The minimum atomic E-state index is -0.428. The lowest BCUT2D eigenvalue weighted by atomic mass is 10.1. The summed E-state index contributed by atoms with van der Waals surface area (Å²) >= 11 is 0. The molecule has 1 N–H and O–H groups in total. The van der Waals surface area contributed by atoms with E-state index in [0.29, 0.717) is 12.1 Å². The van der Waals surface area contributed by atoms with Crippen molar-refractivity contribution in [2.45, 2.75) is 46.6 Å². The first-order valence-corrected chi connectivity index (χ1v) is 13.1. The third-order valence-electron chi connectivity index (χ3n) is 6.19. The maximum absolute atomic E-state index is 12.1. The van der Waals surface area contributed by atoms with Crippen molar-refractivity contribution in [1.82, 2.24) is 19.9 Å². The lowest BCUT2D eigenvalue weighted by Crippen LogP contribution is -2.46. The fourth-order valence-electron chi connectivity index (χ4n) is 4.13. The molecule has 0 unspecified atom stereocenters. The number of piperazine rings is 1. The molecule has 1 fully saturated rings. The zero-order valence-electron chi connectivity index (χ0n) is 22.5. The van der Waals surface area contributed by atoms with Crippen molar-refractivity contribution in [2.24, 2.45) is 0 Å². The largest absolute Gasteiger partial charge is 0.464 e. The molecule has 1 aliphatic heterocycles. The van der Waals surface area contributed by atoms with Gasteiger partial charge in [0.05, 0.1) is 30.0 Å². The average Bonchev–Trinajstić information content (AvgIpc) is 2.93. The number of carbonyl (C=O) groups excluding carboxylic acids is 1. The number of hydrogen-bond acceptors (Lipinski definition) is 8. The molecule has 0 saturated carbocycles. The van der Waals surface area contributed by atoms with Crippen molar-refractivity contribution >= 4 is 22.7 Å². The molecule has 4 rings (SSSR count). The van der Waals surface area contributed by atoms with E-state index >= 15 is 0 Å². The normalized spacial score (nSPS) is 13.8. The highest BCUT2D eigenvalue weighted by Crippen LogP contribution is 2.18. The number of anilines is 1. The van der Waals surface area contributed by atoms with Gasteiger partial charge in [-0.1, -0.05) is 20.8 Å². The molecule has 1 aliphatic rings. The van der Waals surface area contributed by atoms with E-state index in [1.54, 1.807) is 12.3 Å². The fourth-order valence-corrected chi connectivity index (χ4v) is 4.13. The van der Waals surface area contributed by atoms with E-state index in [1.165, 1.54) is 7.11 Å². The van der Waals surface area contributed by atoms with Gasteiger partial charge in [0.15, 0.2) is 0 Å². The predicted molar refractivity (Wildman–Crippen MR) is 146 cm³/mol. The molecule has 1 saturated heterocycles. The summed E-state index contributed by atoms with van der Waals surface area (Å²) in [5.41, 5.74) is 4.72. The first-order valence-electron chi connectivity index (χ1n) is 13.1. The Bertz CT molecular complexity index is 1180. The Hall–Kier alpha value is -3.30. The van der Waals surface area contributed by atoms with Crippen LogP contribution in [0.3, 0.4) is 0 Å². The van der Waals surface area contributed by atoms with Crippen molar-refractivity contribution in [2.75, 3.05) is 51.4 Å². The number of methoxy groups -OCH3 is 1. The number of nitrogens with one attached hydrogen (secondary N) is 1. The van der Waals surface area contributed by atoms with E-state index in [0.717, 1.165) is 86.6 Å². The molecule has 0 atom stereocenters. The second-order valence-electron chi connectivity index (χ2n) is 9.02. The first kappa shape index (κ1) is 28.3. The summed E-state index contributed by atoms with van der Waals surface area (Å²) in [5, 5.41) is 0. The predicted octanol–water partition coefficient (Wildman–Crippen LogP) is 3.81. The molecule has 0 aliphatic carbocycles. The molecule has 0 radical (unpaired) electrons. The Morgan fingerprint density at radius 2 is 1.73 bits per heavy atom. The molecule has 0 spiro atoms. The molecule has 0 amide bonds. The summed E-state index contributed by atoms with van der Waals surface area (Å²) in [6, 6.07) is 7.49. The van der Waals surface area contributed by atoms with E-state index in [1.807, 2.05) is 31.3 Å². The Morgan fingerprint density at radius 3 is 2.32 bits per heavy atom. The highest BCUT2D eigenvalue weighted by molar-refractivity contribution is 5.87. The Labute approximate surface area is 218 Å². The van der Waals surface area contributed by atoms with Crippen LogP contribution in [0.4, 0.5) is 5.69 Å². The van der Waals surface area contributed by atoms with Crippen LogP contribution in [-0.2, 0) is 22.4 Å². The smallest absolute Gasteiger partial charge is 0.356 e. The summed E-state index contributed by atoms with van der Waals surface area (Å²) in [4.78, 5) is 39.9. The molecule has 4 heterocycles. The molecular formula is C28H39N5O4. The Balaban J connectivity index is 0.000000479. The van der Waals surface area contributed by atoms with Gasteiger partial charge < -0.3 is 19.4 Å². The third kappa shape index (κ3) is 8.10. The van der Waals surface area contributed by atoms with Gasteiger partial charge in [-0.2, -0.15) is 0 Å². The number of rotatable bonds is 9. The van der Waals surface area contributed by atoms with Gasteiger partial charge in [0.1, 0.15) is 5.69 Å². The molecule has 3 aromatic heterocycles. The summed E-state index contributed by atoms with van der Waals surface area (Å²) in [7, 11) is 1.35. The number of H-pyrrole nitrogens is 1. The van der Waals surface area contributed by atoms with E-state index in [2.05, 4.69) is 38.6 Å². The monoisotopic (exact) mass is 509 g/mol. The van der Waals surface area contributed by atoms with Gasteiger partial charge in [-0.05, 0) is 49.1 Å². The lowest BCUT2D eigenvalue weighted by molar-refractivity contribution is 0.0594. The highest BCUT2D eigenvalue weighted by Gasteiger charge is 2.18. The number of aryl methyl sites for hydroxylation is 1. The Morgan fingerprint density at radius 1 is 1.00 bits per heavy atom. The van der Waals surface area contributed by atoms with Gasteiger partial charge >= 0.3 is 5.97 Å². The van der Waals surface area contributed by atoms with E-state index in [4.69, 9.17) is 9.47 Å². The number of nitrogens with zero attached hydrogens (tertiary/aromatic N) is 4. The number of hydrogen-bond donors (Lipinski definition) is 1. The van der Waals surface area contributed by atoms with Crippen LogP contribution < -0.4 is 10.5 Å². The molecular weight excluding hydrogens is 470 g/mol. The van der Waals surface area contributed by atoms with Gasteiger partial charge in [-0.3, -0.25) is 14.7 Å². The number of ether oxygens (including phenoxy) is 2. The van der Waals surface area contributed by atoms with Crippen molar-refractivity contribution < 1.29 is 14.3 Å². The van der Waals surface area contributed by atoms with Crippen molar-refractivity contribution in [3.8, 4) is 0 Å². The minimum absolute atomic E-state index is 0.0376. The van der Waals surface area contributed by atoms with Crippen LogP contribution in [0.2, 0.25) is 0 Å². The average molecular weight is 510 g/mol. The number of fused-ring (bicyclic) bond motifs is 1. The van der Waals surface area contributed by atoms with Gasteiger partial charge in [-0.25, -0.2) is 9.78 Å². The van der Waals surface area contributed by atoms with Crippen LogP contribution >= 0.6 is 0 Å². The molecule has 3 aromatic rings. The lowest BCUT2D eigenvalue weighted by Gasteiger charge is -2.36. The maximum atomic E-state index is 12.1. The molecule has 200 valence electrons. The van der Waals surface area contributed by atoms with E-state index < -0.39 is 5.97 Å². The number of esters is 1. The fraction of sp³-hybridized carbons (Fsp3) is 0.500. The second-order valence-corrected chi connectivity index (χ2v) is 9.02. The van der Waals surface area contributed by atoms with Crippen LogP contribution in [0.15, 0.2) is 41.5 Å². The zero-order chi connectivity index (χ0) is 26.6. The van der Waals surface area contributed by atoms with Gasteiger partial charge in [0, 0.05) is 57.7 Å². The molecule has 9 heteroatoms. The SMILES string of the molecule is CCCOCCC.CCc1cc2ncc(CN3CCN(c4ccc(C(=O)OC)nc4)CC3)cc2[nH]c1=O. The third-order valence-corrected chi connectivity index (χ3v) is 6.19. The van der Waals surface area contributed by atoms with E-state index in [-0.39, 0.29) is 5.56 Å². The summed E-state index contributed by atoms with van der Waals surface area (Å²) in [5.74, 6) is -0.428. The topological polar surface area (TPSA) is 101 Å². The molecule has 0 aromatic carbocycles. The maximum Gasteiger partial charge on any atom is 0.356 e. The van der Waals surface area contributed by atoms with Crippen LogP contribution in [0.5, 0.6) is 0 Å². The van der Waals surface area contributed by atoms with Crippen molar-refractivity contribution in [3.05, 3.63) is 63.8 Å². The minimum Gasteiger partial charge on any atom is -0.464 e. The van der Waals surface area contributed by atoms with E-state index in [9.17, 15) is 9.59 Å². The molecule has 37 heavy (non-hydrogen) atoms. The van der Waals surface area contributed by atoms with Gasteiger partial charge in [0.25, 0.3) is 5.56 Å². The van der Waals surface area contributed by atoms with Crippen LogP contribution in [0, 0.1) is 0 Å². The number of carbonyl (C=O) groups is 1. The summed E-state index contributed by atoms with van der Waals surface area (Å²) in [6.07, 6.45) is 6.58. The first-order chi connectivity index (χ1) is 18.0. The van der Waals surface area contributed by atoms with Crippen LogP contribution in [-0.4, -0.2) is 72.3 Å². The van der Waals surface area contributed by atoms with Gasteiger partial charge in [-0.15, -0.1) is 0 Å². The second kappa shape index (κ2) is 14.4. The summed E-state index contributed by atoms with van der Waals surface area (Å²) in [6.45, 7) is 12.4. The molecule has 0 bridgehead atoms. The summed E-state index contributed by atoms with van der Waals surface area (Å²) < 4.78 is 9.82. The van der Waals surface area contributed by atoms with Crippen molar-refractivity contribution in [1.29, 1.82) is 0 Å². The van der Waals surface area contributed by atoms with Crippen LogP contribution in [0.25, 0.3) is 11.0 Å².